The van der Waals surface area contributed by atoms with Crippen LogP contribution in [0.15, 0.2) is 40.9 Å². The molecule has 2 rings (SSSR count). The summed E-state index contributed by atoms with van der Waals surface area (Å²) in [6, 6.07) is 5.46. The number of halogens is 4. The van der Waals surface area contributed by atoms with E-state index in [2.05, 4.69) is 26.0 Å². The molecule has 134 valence electrons. The second-order valence-corrected chi connectivity index (χ2v) is 5.28. The molecule has 1 aliphatic heterocycles. The molecule has 0 unspecified atom stereocenters. The van der Waals surface area contributed by atoms with Crippen LogP contribution in [0.2, 0.25) is 0 Å². The fourth-order valence-electron chi connectivity index (χ4n) is 2.10. The summed E-state index contributed by atoms with van der Waals surface area (Å²) in [5.74, 6) is -0.165. The molecule has 1 aromatic rings. The van der Waals surface area contributed by atoms with E-state index in [-0.39, 0.29) is 35.7 Å². The van der Waals surface area contributed by atoms with E-state index in [1.807, 2.05) is 7.05 Å². The molecule has 0 radical (unpaired) electrons. The number of ether oxygens (including phenoxy) is 1. The molecular formula is C15H20F3IN4O. The summed E-state index contributed by atoms with van der Waals surface area (Å²) >= 11 is 0. The highest BCUT2D eigenvalue weighted by atomic mass is 127. The van der Waals surface area contributed by atoms with Gasteiger partial charge in [0.2, 0.25) is 0 Å². The molecule has 0 aromatic heterocycles. The monoisotopic (exact) mass is 456 g/mol. The first-order chi connectivity index (χ1) is 10.8. The summed E-state index contributed by atoms with van der Waals surface area (Å²) in [5.41, 5.74) is 7.34. The molecule has 1 aliphatic rings. The van der Waals surface area contributed by atoms with Gasteiger partial charge in [-0.05, 0) is 25.6 Å². The Kier molecular flexibility index (Phi) is 7.80. The Morgan fingerprint density at radius 3 is 2.79 bits per heavy atom. The molecule has 1 aromatic carbocycles. The fraction of sp³-hybridized carbons (Fsp3) is 0.400. The lowest BCUT2D eigenvalue weighted by Crippen LogP contribution is -2.26. The molecule has 0 spiro atoms. The van der Waals surface area contributed by atoms with Gasteiger partial charge in [0, 0.05) is 24.8 Å². The van der Waals surface area contributed by atoms with Gasteiger partial charge >= 0.3 is 6.36 Å². The van der Waals surface area contributed by atoms with Gasteiger partial charge in [0.25, 0.3) is 0 Å². The van der Waals surface area contributed by atoms with E-state index in [0.29, 0.717) is 12.2 Å². The van der Waals surface area contributed by atoms with E-state index < -0.39 is 6.36 Å². The number of anilines is 1. The molecule has 0 fully saturated rings. The minimum Gasteiger partial charge on any atom is -0.406 e. The number of nitrogens with zero attached hydrogens (tertiary/aromatic N) is 2. The van der Waals surface area contributed by atoms with Gasteiger partial charge < -0.3 is 20.7 Å². The Morgan fingerprint density at radius 1 is 1.42 bits per heavy atom. The number of nitrogens with two attached hydrogens (primary N) is 1. The molecule has 24 heavy (non-hydrogen) atoms. The molecule has 0 bridgehead atoms. The Morgan fingerprint density at radius 2 is 2.17 bits per heavy atom. The van der Waals surface area contributed by atoms with Crippen LogP contribution in [0.25, 0.3) is 0 Å². The van der Waals surface area contributed by atoms with E-state index in [1.165, 1.54) is 23.8 Å². The normalized spacial score (nSPS) is 16.2. The topological polar surface area (TPSA) is 62.9 Å². The van der Waals surface area contributed by atoms with Gasteiger partial charge in [0.1, 0.15) is 5.75 Å². The number of hydrogen-bond donors (Lipinski definition) is 2. The lowest BCUT2D eigenvalue weighted by Gasteiger charge is -2.21. The van der Waals surface area contributed by atoms with Crippen molar-refractivity contribution < 1.29 is 17.9 Å². The highest BCUT2D eigenvalue weighted by Gasteiger charge is 2.31. The Labute approximate surface area is 155 Å². The minimum atomic E-state index is -4.72. The fourth-order valence-corrected chi connectivity index (χ4v) is 2.10. The van der Waals surface area contributed by atoms with Crippen molar-refractivity contribution in [3.63, 3.8) is 0 Å². The Hall–Kier alpha value is -1.49. The van der Waals surface area contributed by atoms with Gasteiger partial charge in [-0.15, -0.1) is 37.1 Å². The van der Waals surface area contributed by atoms with E-state index in [1.54, 1.807) is 6.07 Å². The summed E-state index contributed by atoms with van der Waals surface area (Å²) in [6.45, 7) is 2.34. The molecule has 0 atom stereocenters. The van der Waals surface area contributed by atoms with Crippen molar-refractivity contribution in [2.24, 2.45) is 10.7 Å². The quantitative estimate of drug-likeness (QED) is 0.316. The van der Waals surface area contributed by atoms with Gasteiger partial charge in [-0.25, -0.2) is 4.99 Å². The van der Waals surface area contributed by atoms with E-state index in [9.17, 15) is 13.2 Å². The first-order valence-corrected chi connectivity index (χ1v) is 7.11. The maximum absolute atomic E-state index is 12.2. The maximum Gasteiger partial charge on any atom is 0.573 e. The number of aliphatic imine (C=N–C) groups is 1. The summed E-state index contributed by atoms with van der Waals surface area (Å²) in [5, 5.41) is 2.76. The molecule has 0 aliphatic carbocycles. The molecule has 0 saturated heterocycles. The zero-order valence-electron chi connectivity index (χ0n) is 13.1. The van der Waals surface area contributed by atoms with Crippen molar-refractivity contribution in [2.75, 3.05) is 32.0 Å². The van der Waals surface area contributed by atoms with Gasteiger partial charge in [-0.2, -0.15) is 0 Å². The number of likely N-dealkylation sites (N-methyl/N-ethyl adjacent to an activating group) is 1. The average Bonchev–Trinajstić information content (AvgIpc) is 2.45. The third-order valence-corrected chi connectivity index (χ3v) is 3.30. The second-order valence-electron chi connectivity index (χ2n) is 5.28. The molecule has 0 saturated carbocycles. The average molecular weight is 456 g/mol. The van der Waals surface area contributed by atoms with Gasteiger partial charge in [0.05, 0.1) is 6.54 Å². The van der Waals surface area contributed by atoms with Crippen molar-refractivity contribution in [3.8, 4) is 5.75 Å². The van der Waals surface area contributed by atoms with Crippen LogP contribution in [0.5, 0.6) is 5.75 Å². The van der Waals surface area contributed by atoms with Crippen LogP contribution in [0.4, 0.5) is 18.9 Å². The van der Waals surface area contributed by atoms with E-state index >= 15 is 0 Å². The number of benzene rings is 1. The highest BCUT2D eigenvalue weighted by molar-refractivity contribution is 14.0. The largest absolute Gasteiger partial charge is 0.573 e. The molecule has 3 N–H and O–H groups in total. The molecule has 1 heterocycles. The van der Waals surface area contributed by atoms with Crippen LogP contribution in [-0.2, 0) is 0 Å². The first kappa shape index (κ1) is 20.6. The molecule has 0 amide bonds. The summed E-state index contributed by atoms with van der Waals surface area (Å²) < 4.78 is 40.4. The lowest BCUT2D eigenvalue weighted by molar-refractivity contribution is -0.274. The molecule has 5 nitrogen and oxygen atoms in total. The predicted octanol–water partition coefficient (Wildman–Crippen LogP) is 3.19. The van der Waals surface area contributed by atoms with Crippen molar-refractivity contribution in [1.82, 2.24) is 4.90 Å². The number of hydrogen-bond acceptors (Lipinski definition) is 3. The summed E-state index contributed by atoms with van der Waals surface area (Å²) in [4.78, 5) is 6.40. The molecule has 9 heteroatoms. The Bertz CT molecular complexity index is 605. The lowest BCUT2D eigenvalue weighted by atomic mass is 10.1. The van der Waals surface area contributed by atoms with Crippen molar-refractivity contribution in [1.29, 1.82) is 0 Å². The van der Waals surface area contributed by atoms with Crippen LogP contribution >= 0.6 is 24.0 Å². The number of nitrogens with one attached hydrogen (secondary N) is 1. The smallest absolute Gasteiger partial charge is 0.406 e. The van der Waals surface area contributed by atoms with E-state index in [0.717, 1.165) is 19.5 Å². The number of alkyl halides is 3. The van der Waals surface area contributed by atoms with Gasteiger partial charge in [0.15, 0.2) is 5.96 Å². The maximum atomic E-state index is 12.2. The third kappa shape index (κ3) is 7.39. The number of rotatable bonds is 4. The number of guanidine groups is 1. The van der Waals surface area contributed by atoms with Crippen LogP contribution in [0.1, 0.15) is 6.42 Å². The van der Waals surface area contributed by atoms with Crippen molar-refractivity contribution >= 4 is 35.6 Å². The summed E-state index contributed by atoms with van der Waals surface area (Å²) in [7, 11) is 2.04. The first-order valence-electron chi connectivity index (χ1n) is 7.11. The zero-order chi connectivity index (χ0) is 16.9. The summed E-state index contributed by atoms with van der Waals surface area (Å²) in [6.07, 6.45) is -1.68. The van der Waals surface area contributed by atoms with Crippen LogP contribution in [0.3, 0.4) is 0 Å². The standard InChI is InChI=1S/C15H19F3N4O.HI/c1-22-7-5-11(6-8-22)10-20-14(19)21-12-3-2-4-13(9-12)23-15(16,17)18;/h2-5,9H,6-8,10H2,1H3,(H3,19,20,21);1H. The van der Waals surface area contributed by atoms with E-state index in [4.69, 9.17) is 5.73 Å². The molecular weight excluding hydrogens is 436 g/mol. The van der Waals surface area contributed by atoms with Crippen molar-refractivity contribution in [3.05, 3.63) is 35.9 Å². The minimum absolute atomic E-state index is 0. The van der Waals surface area contributed by atoms with Crippen LogP contribution in [0, 0.1) is 0 Å². The van der Waals surface area contributed by atoms with Gasteiger partial charge in [-0.1, -0.05) is 17.7 Å². The van der Waals surface area contributed by atoms with Crippen molar-refractivity contribution in [2.45, 2.75) is 12.8 Å². The predicted molar refractivity (Wildman–Crippen MR) is 98.8 cm³/mol. The third-order valence-electron chi connectivity index (χ3n) is 3.30. The highest BCUT2D eigenvalue weighted by Crippen LogP contribution is 2.24. The van der Waals surface area contributed by atoms with Gasteiger partial charge in [-0.3, -0.25) is 0 Å². The second kappa shape index (κ2) is 9.11. The Balaban J connectivity index is 0.00000288. The zero-order valence-corrected chi connectivity index (χ0v) is 15.5. The van der Waals surface area contributed by atoms with Crippen LogP contribution < -0.4 is 15.8 Å². The SMILES string of the molecule is CN1CC=C(CN=C(N)Nc2cccc(OC(F)(F)F)c2)CC1.I. The van der Waals surface area contributed by atoms with Crippen LogP contribution in [-0.4, -0.2) is 43.9 Å².